The van der Waals surface area contributed by atoms with Crippen molar-refractivity contribution in [2.24, 2.45) is 10.9 Å². The maximum Gasteiger partial charge on any atom is 0.190 e. The van der Waals surface area contributed by atoms with E-state index < -0.39 is 0 Å². The summed E-state index contributed by atoms with van der Waals surface area (Å²) in [5.74, 6) is 2.58. The number of rotatable bonds is 9. The maximum absolute atomic E-state index is 5.96. The van der Waals surface area contributed by atoms with Gasteiger partial charge in [0.15, 0.2) is 5.96 Å². The van der Waals surface area contributed by atoms with Crippen molar-refractivity contribution in [1.82, 2.24) is 10.6 Å². The average Bonchev–Trinajstić information content (AvgIpc) is 3.26. The minimum Gasteiger partial charge on any atom is -0.469 e. The number of hydrogen-bond acceptors (Lipinski definition) is 3. The van der Waals surface area contributed by atoms with E-state index in [1.54, 1.807) is 13.3 Å². The third-order valence-corrected chi connectivity index (χ3v) is 4.50. The Balaban J connectivity index is 1.65. The van der Waals surface area contributed by atoms with E-state index in [4.69, 9.17) is 9.15 Å². The van der Waals surface area contributed by atoms with Crippen LogP contribution in [-0.4, -0.2) is 38.8 Å². The van der Waals surface area contributed by atoms with Gasteiger partial charge in [-0.15, -0.1) is 0 Å². The molecule has 1 aromatic rings. The van der Waals surface area contributed by atoms with Crippen molar-refractivity contribution >= 4 is 5.96 Å². The molecule has 2 N–H and O–H groups in total. The van der Waals surface area contributed by atoms with Gasteiger partial charge in [0.2, 0.25) is 0 Å². The monoisotopic (exact) mass is 321 g/mol. The van der Waals surface area contributed by atoms with Crippen LogP contribution in [0.25, 0.3) is 0 Å². The van der Waals surface area contributed by atoms with Crippen LogP contribution in [0.1, 0.15) is 44.8 Å². The van der Waals surface area contributed by atoms with Gasteiger partial charge >= 0.3 is 0 Å². The van der Waals surface area contributed by atoms with Gasteiger partial charge in [0.25, 0.3) is 0 Å². The number of nitrogens with zero attached hydrogens (tertiary/aromatic N) is 1. The van der Waals surface area contributed by atoms with E-state index in [9.17, 15) is 0 Å². The largest absolute Gasteiger partial charge is 0.469 e. The molecule has 0 radical (unpaired) electrons. The summed E-state index contributed by atoms with van der Waals surface area (Å²) in [5.41, 5.74) is 0. The fraction of sp³-hybridized carbons (Fsp3) is 0.722. The average molecular weight is 321 g/mol. The molecule has 1 aliphatic rings. The normalized spacial score (nSPS) is 17.4. The van der Waals surface area contributed by atoms with Crippen molar-refractivity contribution in [3.8, 4) is 0 Å². The van der Waals surface area contributed by atoms with Crippen molar-refractivity contribution in [3.63, 3.8) is 0 Å². The minimum absolute atomic E-state index is 0.385. The molecule has 0 saturated heterocycles. The third-order valence-electron chi connectivity index (χ3n) is 4.50. The lowest BCUT2D eigenvalue weighted by Gasteiger charge is -2.24. The minimum atomic E-state index is 0.385. The van der Waals surface area contributed by atoms with Gasteiger partial charge in [0.05, 0.1) is 12.4 Å². The first-order valence-electron chi connectivity index (χ1n) is 8.92. The topological polar surface area (TPSA) is 58.8 Å². The number of hydrogen-bond donors (Lipinski definition) is 2. The first-order chi connectivity index (χ1) is 11.3. The zero-order valence-corrected chi connectivity index (χ0v) is 14.5. The molecule has 0 amide bonds. The SMILES string of the molecule is CCOC(CCNC(=NC)NCCc1ccco1)C1CCCC1. The van der Waals surface area contributed by atoms with Crippen molar-refractivity contribution in [2.45, 2.75) is 51.6 Å². The molecule has 0 spiro atoms. The lowest BCUT2D eigenvalue weighted by atomic mass is 9.98. The van der Waals surface area contributed by atoms with Crippen LogP contribution >= 0.6 is 0 Å². The Labute approximate surface area is 139 Å². The molecule has 23 heavy (non-hydrogen) atoms. The Morgan fingerprint density at radius 1 is 1.35 bits per heavy atom. The van der Waals surface area contributed by atoms with Crippen LogP contribution in [0.15, 0.2) is 27.8 Å². The predicted molar refractivity (Wildman–Crippen MR) is 93.8 cm³/mol. The van der Waals surface area contributed by atoms with Crippen LogP contribution in [0, 0.1) is 5.92 Å². The fourth-order valence-corrected chi connectivity index (χ4v) is 3.31. The molecular weight excluding hydrogens is 290 g/mol. The molecule has 0 aromatic carbocycles. The summed E-state index contributed by atoms with van der Waals surface area (Å²) < 4.78 is 11.3. The Bertz CT molecular complexity index is 439. The number of ether oxygens (including phenoxy) is 1. The first-order valence-corrected chi connectivity index (χ1v) is 8.92. The molecule has 5 heteroatoms. The van der Waals surface area contributed by atoms with Crippen LogP contribution in [0.4, 0.5) is 0 Å². The van der Waals surface area contributed by atoms with E-state index in [1.807, 2.05) is 12.1 Å². The molecule has 1 fully saturated rings. The Morgan fingerprint density at radius 2 is 2.13 bits per heavy atom. The van der Waals surface area contributed by atoms with Gasteiger partial charge in [-0.25, -0.2) is 0 Å². The summed E-state index contributed by atoms with van der Waals surface area (Å²) >= 11 is 0. The summed E-state index contributed by atoms with van der Waals surface area (Å²) in [6, 6.07) is 3.91. The predicted octanol–water partition coefficient (Wildman–Crippen LogP) is 2.97. The highest BCUT2D eigenvalue weighted by Crippen LogP contribution is 2.30. The van der Waals surface area contributed by atoms with Gasteiger partial charge in [-0.2, -0.15) is 0 Å². The number of furan rings is 1. The van der Waals surface area contributed by atoms with Crippen LogP contribution in [0.2, 0.25) is 0 Å². The van der Waals surface area contributed by atoms with Crippen molar-refractivity contribution in [2.75, 3.05) is 26.7 Å². The maximum atomic E-state index is 5.96. The summed E-state index contributed by atoms with van der Waals surface area (Å²) in [5, 5.41) is 6.71. The number of aliphatic imine (C=N–C) groups is 1. The van der Waals surface area contributed by atoms with Crippen LogP contribution < -0.4 is 10.6 Å². The van der Waals surface area contributed by atoms with E-state index >= 15 is 0 Å². The molecule has 1 heterocycles. The highest BCUT2D eigenvalue weighted by molar-refractivity contribution is 5.79. The Morgan fingerprint density at radius 3 is 2.78 bits per heavy atom. The Kier molecular flexibility index (Phi) is 8.01. The molecule has 1 unspecified atom stereocenters. The van der Waals surface area contributed by atoms with Crippen molar-refractivity contribution in [1.29, 1.82) is 0 Å². The van der Waals surface area contributed by atoms with Gasteiger partial charge in [0.1, 0.15) is 5.76 Å². The van der Waals surface area contributed by atoms with Gasteiger partial charge < -0.3 is 19.8 Å². The molecule has 0 bridgehead atoms. The second kappa shape index (κ2) is 10.3. The zero-order valence-electron chi connectivity index (χ0n) is 14.5. The van der Waals surface area contributed by atoms with E-state index in [0.717, 1.165) is 50.2 Å². The summed E-state index contributed by atoms with van der Waals surface area (Å²) in [6.45, 7) is 4.59. The number of guanidine groups is 1. The summed E-state index contributed by atoms with van der Waals surface area (Å²) in [6.07, 6.45) is 9.35. The molecule has 1 atom stereocenters. The molecule has 2 rings (SSSR count). The van der Waals surface area contributed by atoms with Crippen molar-refractivity contribution < 1.29 is 9.15 Å². The second-order valence-electron chi connectivity index (χ2n) is 6.08. The molecule has 1 aliphatic carbocycles. The Hall–Kier alpha value is -1.49. The van der Waals surface area contributed by atoms with Gasteiger partial charge in [0, 0.05) is 33.2 Å². The lowest BCUT2D eigenvalue weighted by molar-refractivity contribution is 0.0169. The summed E-state index contributed by atoms with van der Waals surface area (Å²) in [7, 11) is 1.80. The van der Waals surface area contributed by atoms with Crippen molar-refractivity contribution in [3.05, 3.63) is 24.2 Å². The second-order valence-corrected chi connectivity index (χ2v) is 6.08. The van der Waals surface area contributed by atoms with Gasteiger partial charge in [-0.1, -0.05) is 12.8 Å². The molecular formula is C18H31N3O2. The molecule has 5 nitrogen and oxygen atoms in total. The smallest absolute Gasteiger partial charge is 0.190 e. The fourth-order valence-electron chi connectivity index (χ4n) is 3.31. The van der Waals surface area contributed by atoms with E-state index in [2.05, 4.69) is 22.5 Å². The molecule has 130 valence electrons. The highest BCUT2D eigenvalue weighted by Gasteiger charge is 2.24. The van der Waals surface area contributed by atoms with E-state index in [1.165, 1.54) is 25.7 Å². The standard InChI is InChI=1S/C18H31N3O2/c1-3-22-17(15-7-4-5-8-15)11-13-21-18(19-2)20-12-10-16-9-6-14-23-16/h6,9,14-15,17H,3-5,7-8,10-13H2,1-2H3,(H2,19,20,21). The third kappa shape index (κ3) is 6.26. The molecule has 0 aliphatic heterocycles. The van der Waals surface area contributed by atoms with Crippen LogP contribution in [-0.2, 0) is 11.2 Å². The quantitative estimate of drug-likeness (QED) is 0.542. The van der Waals surface area contributed by atoms with Gasteiger partial charge in [-0.05, 0) is 44.2 Å². The van der Waals surface area contributed by atoms with E-state index in [0.29, 0.717) is 6.10 Å². The molecule has 1 saturated carbocycles. The van der Waals surface area contributed by atoms with Crippen LogP contribution in [0.5, 0.6) is 0 Å². The number of nitrogens with one attached hydrogen (secondary N) is 2. The first kappa shape index (κ1) is 17.9. The lowest BCUT2D eigenvalue weighted by Crippen LogP contribution is -2.40. The van der Waals surface area contributed by atoms with Crippen LogP contribution in [0.3, 0.4) is 0 Å². The zero-order chi connectivity index (χ0) is 16.3. The highest BCUT2D eigenvalue weighted by atomic mass is 16.5. The van der Waals surface area contributed by atoms with E-state index in [-0.39, 0.29) is 0 Å². The van der Waals surface area contributed by atoms with Gasteiger partial charge in [-0.3, -0.25) is 4.99 Å². The molecule has 1 aromatic heterocycles. The summed E-state index contributed by atoms with van der Waals surface area (Å²) in [4.78, 5) is 4.27.